The SMILES string of the molecule is CC(=O)N1CCCN(C(=O)CN2CC[C@@]3(CCC2=O)CNC(=O)c2ccccc2O3)CC1. The minimum atomic E-state index is -0.680. The highest BCUT2D eigenvalue weighted by Gasteiger charge is 2.40. The summed E-state index contributed by atoms with van der Waals surface area (Å²) in [6, 6.07) is 7.12. The molecule has 0 unspecified atom stereocenters. The Morgan fingerprint density at radius 1 is 1.03 bits per heavy atom. The third-order valence-electron chi connectivity index (χ3n) is 6.63. The number of nitrogens with zero attached hydrogens (tertiary/aromatic N) is 3. The number of benzene rings is 1. The standard InChI is InChI=1S/C23H30N4O5/c1-17(28)25-10-4-11-26(14-13-25)21(30)15-27-12-9-23(8-7-20(27)29)16-24-22(31)18-5-2-3-6-19(18)32-23/h2-3,5-6H,4,7-16H2,1H3,(H,24,31)/t23-/m0/s1. The smallest absolute Gasteiger partial charge is 0.255 e. The third kappa shape index (κ3) is 4.71. The number of fused-ring (bicyclic) bond motifs is 1. The lowest BCUT2D eigenvalue weighted by Gasteiger charge is -2.32. The van der Waals surface area contributed by atoms with Crippen LogP contribution in [0.15, 0.2) is 24.3 Å². The molecule has 1 aromatic rings. The van der Waals surface area contributed by atoms with Crippen LogP contribution < -0.4 is 10.1 Å². The maximum absolute atomic E-state index is 12.9. The average molecular weight is 443 g/mol. The van der Waals surface area contributed by atoms with Crippen molar-refractivity contribution in [1.82, 2.24) is 20.0 Å². The lowest BCUT2D eigenvalue weighted by molar-refractivity contribution is -0.140. The van der Waals surface area contributed by atoms with Gasteiger partial charge >= 0.3 is 0 Å². The van der Waals surface area contributed by atoms with Crippen LogP contribution in [-0.4, -0.2) is 89.7 Å². The van der Waals surface area contributed by atoms with Gasteiger partial charge in [-0.05, 0) is 25.0 Å². The van der Waals surface area contributed by atoms with Gasteiger partial charge in [-0.2, -0.15) is 0 Å². The van der Waals surface area contributed by atoms with Crippen LogP contribution in [0, 0.1) is 0 Å². The fraction of sp³-hybridized carbons (Fsp3) is 0.565. The molecule has 3 heterocycles. The van der Waals surface area contributed by atoms with Crippen molar-refractivity contribution < 1.29 is 23.9 Å². The van der Waals surface area contributed by atoms with E-state index in [2.05, 4.69) is 5.32 Å². The molecule has 0 bridgehead atoms. The highest BCUT2D eigenvalue weighted by atomic mass is 16.5. The summed E-state index contributed by atoms with van der Waals surface area (Å²) in [5.74, 6) is 0.187. The molecule has 9 heteroatoms. The zero-order valence-corrected chi connectivity index (χ0v) is 18.5. The van der Waals surface area contributed by atoms with E-state index in [4.69, 9.17) is 4.74 Å². The van der Waals surface area contributed by atoms with Gasteiger partial charge in [-0.15, -0.1) is 0 Å². The fourth-order valence-corrected chi connectivity index (χ4v) is 4.62. The van der Waals surface area contributed by atoms with Crippen molar-refractivity contribution in [3.8, 4) is 5.75 Å². The van der Waals surface area contributed by atoms with Gasteiger partial charge in [0.25, 0.3) is 5.91 Å². The van der Waals surface area contributed by atoms with Gasteiger partial charge in [0.05, 0.1) is 18.7 Å². The predicted molar refractivity (Wildman–Crippen MR) is 116 cm³/mol. The molecule has 0 radical (unpaired) electrons. The molecule has 3 aliphatic heterocycles. The molecule has 1 aromatic carbocycles. The van der Waals surface area contributed by atoms with Crippen LogP contribution in [0.5, 0.6) is 5.75 Å². The molecule has 1 N–H and O–H groups in total. The van der Waals surface area contributed by atoms with Crippen LogP contribution in [0.1, 0.15) is 43.0 Å². The number of para-hydroxylation sites is 1. The molecule has 2 fully saturated rings. The van der Waals surface area contributed by atoms with E-state index in [1.807, 2.05) is 6.07 Å². The molecule has 3 aliphatic rings. The van der Waals surface area contributed by atoms with E-state index in [0.29, 0.717) is 63.4 Å². The van der Waals surface area contributed by atoms with E-state index in [1.54, 1.807) is 39.8 Å². The van der Waals surface area contributed by atoms with Crippen LogP contribution in [0.4, 0.5) is 0 Å². The summed E-state index contributed by atoms with van der Waals surface area (Å²) in [5, 5.41) is 2.93. The highest BCUT2D eigenvalue weighted by molar-refractivity contribution is 5.97. The largest absolute Gasteiger partial charge is 0.485 e. The first-order valence-electron chi connectivity index (χ1n) is 11.2. The number of ether oxygens (including phenoxy) is 1. The summed E-state index contributed by atoms with van der Waals surface area (Å²) in [4.78, 5) is 54.9. The van der Waals surface area contributed by atoms with Gasteiger partial charge < -0.3 is 24.8 Å². The van der Waals surface area contributed by atoms with E-state index in [-0.39, 0.29) is 36.6 Å². The summed E-state index contributed by atoms with van der Waals surface area (Å²) < 4.78 is 6.31. The van der Waals surface area contributed by atoms with Crippen LogP contribution in [0.25, 0.3) is 0 Å². The van der Waals surface area contributed by atoms with E-state index in [0.717, 1.165) is 6.42 Å². The van der Waals surface area contributed by atoms with Crippen molar-refractivity contribution in [2.24, 2.45) is 0 Å². The Morgan fingerprint density at radius 2 is 1.78 bits per heavy atom. The van der Waals surface area contributed by atoms with Crippen LogP contribution in [0.2, 0.25) is 0 Å². The van der Waals surface area contributed by atoms with Crippen LogP contribution in [-0.2, 0) is 14.4 Å². The quantitative estimate of drug-likeness (QED) is 0.725. The van der Waals surface area contributed by atoms with Crippen molar-refractivity contribution >= 4 is 23.6 Å². The van der Waals surface area contributed by atoms with Gasteiger partial charge in [0.1, 0.15) is 11.4 Å². The number of nitrogens with one attached hydrogen (secondary N) is 1. The first kappa shape index (κ1) is 22.1. The van der Waals surface area contributed by atoms with Crippen molar-refractivity contribution in [3.63, 3.8) is 0 Å². The minimum Gasteiger partial charge on any atom is -0.485 e. The van der Waals surface area contributed by atoms with Crippen molar-refractivity contribution in [2.45, 2.75) is 38.2 Å². The van der Waals surface area contributed by atoms with Gasteiger partial charge in [0.15, 0.2) is 0 Å². The lowest BCUT2D eigenvalue weighted by Crippen LogP contribution is -2.47. The molecule has 0 aromatic heterocycles. The molecule has 4 rings (SSSR count). The lowest BCUT2D eigenvalue weighted by atomic mass is 9.94. The van der Waals surface area contributed by atoms with Gasteiger partial charge in [0, 0.05) is 52.5 Å². The molecule has 4 amide bonds. The Kier molecular flexibility index (Phi) is 6.34. The monoisotopic (exact) mass is 442 g/mol. The fourth-order valence-electron chi connectivity index (χ4n) is 4.62. The van der Waals surface area contributed by atoms with E-state index in [1.165, 1.54) is 0 Å². The Balaban J connectivity index is 1.40. The maximum Gasteiger partial charge on any atom is 0.255 e. The normalized spacial score (nSPS) is 24.1. The number of carbonyl (C=O) groups is 4. The number of hydrogen-bond acceptors (Lipinski definition) is 5. The Hall–Kier alpha value is -3.10. The summed E-state index contributed by atoms with van der Waals surface area (Å²) in [6.45, 7) is 4.51. The van der Waals surface area contributed by atoms with Crippen molar-refractivity contribution in [2.75, 3.05) is 45.8 Å². The maximum atomic E-state index is 12.9. The molecule has 32 heavy (non-hydrogen) atoms. The minimum absolute atomic E-state index is 0.0179. The molecular weight excluding hydrogens is 412 g/mol. The zero-order valence-electron chi connectivity index (χ0n) is 18.5. The Labute approximate surface area is 187 Å². The topological polar surface area (TPSA) is 99.3 Å². The summed E-state index contributed by atoms with van der Waals surface area (Å²) in [6.07, 6.45) is 1.99. The second-order valence-electron chi connectivity index (χ2n) is 8.77. The first-order valence-corrected chi connectivity index (χ1v) is 11.2. The molecule has 1 spiro atoms. The highest BCUT2D eigenvalue weighted by Crippen LogP contribution is 2.33. The summed E-state index contributed by atoms with van der Waals surface area (Å²) >= 11 is 0. The number of rotatable bonds is 2. The van der Waals surface area contributed by atoms with Crippen molar-refractivity contribution in [3.05, 3.63) is 29.8 Å². The van der Waals surface area contributed by atoms with E-state index >= 15 is 0 Å². The van der Waals surface area contributed by atoms with Gasteiger partial charge in [-0.25, -0.2) is 0 Å². The average Bonchev–Trinajstić information content (AvgIpc) is 3.17. The molecule has 2 saturated heterocycles. The Bertz CT molecular complexity index is 919. The summed E-state index contributed by atoms with van der Waals surface area (Å²) in [7, 11) is 0. The molecule has 172 valence electrons. The third-order valence-corrected chi connectivity index (χ3v) is 6.63. The zero-order chi connectivity index (χ0) is 22.7. The number of carbonyl (C=O) groups excluding carboxylic acids is 4. The van der Waals surface area contributed by atoms with Crippen molar-refractivity contribution in [1.29, 1.82) is 0 Å². The van der Waals surface area contributed by atoms with E-state index in [9.17, 15) is 19.2 Å². The second-order valence-corrected chi connectivity index (χ2v) is 8.77. The van der Waals surface area contributed by atoms with E-state index < -0.39 is 5.60 Å². The number of amides is 4. The predicted octanol–water partition coefficient (Wildman–Crippen LogP) is 0.641. The van der Waals surface area contributed by atoms with Crippen LogP contribution >= 0.6 is 0 Å². The molecular formula is C23H30N4O5. The van der Waals surface area contributed by atoms with Gasteiger partial charge in [-0.1, -0.05) is 12.1 Å². The molecule has 0 aliphatic carbocycles. The second kappa shape index (κ2) is 9.18. The number of hydrogen-bond donors (Lipinski definition) is 1. The van der Waals surface area contributed by atoms with Gasteiger partial charge in [0.2, 0.25) is 17.7 Å². The number of likely N-dealkylation sites (tertiary alicyclic amines) is 1. The molecule has 1 atom stereocenters. The first-order chi connectivity index (χ1) is 15.4. The van der Waals surface area contributed by atoms with Gasteiger partial charge in [-0.3, -0.25) is 19.2 Å². The van der Waals surface area contributed by atoms with Crippen LogP contribution in [0.3, 0.4) is 0 Å². The molecule has 0 saturated carbocycles. The Morgan fingerprint density at radius 3 is 2.59 bits per heavy atom. The molecule has 9 nitrogen and oxygen atoms in total. The summed E-state index contributed by atoms with van der Waals surface area (Å²) in [5.41, 5.74) is -0.187.